The molecular weight excluding hydrogens is 402 g/mol. The van der Waals surface area contributed by atoms with Crippen molar-refractivity contribution in [1.82, 2.24) is 34.7 Å². The summed E-state index contributed by atoms with van der Waals surface area (Å²) in [5, 5.41) is 17.8. The molecule has 0 N–H and O–H groups in total. The number of hydrogen-bond donors (Lipinski definition) is 0. The highest BCUT2D eigenvalue weighted by Crippen LogP contribution is 2.42. The maximum absolute atomic E-state index is 13.6. The maximum Gasteiger partial charge on any atom is 0.276 e. The van der Waals surface area contributed by atoms with Crippen molar-refractivity contribution in [3.63, 3.8) is 0 Å². The van der Waals surface area contributed by atoms with Gasteiger partial charge in [-0.2, -0.15) is 0 Å². The molecule has 1 amide bonds. The van der Waals surface area contributed by atoms with Gasteiger partial charge in [-0.25, -0.2) is 4.68 Å². The summed E-state index contributed by atoms with van der Waals surface area (Å²) in [6.07, 6.45) is 8.84. The Morgan fingerprint density at radius 1 is 0.875 bits per heavy atom. The highest BCUT2D eigenvalue weighted by Gasteiger charge is 2.37. The smallest absolute Gasteiger partial charge is 0.276 e. The maximum atomic E-state index is 13.6. The Bertz CT molecular complexity index is 1110. The third-order valence-corrected chi connectivity index (χ3v) is 7.08. The van der Waals surface area contributed by atoms with Gasteiger partial charge in [0.1, 0.15) is 11.6 Å². The molecule has 4 heterocycles. The topological polar surface area (TPSA) is 81.7 Å². The van der Waals surface area contributed by atoms with Gasteiger partial charge >= 0.3 is 0 Å². The zero-order chi connectivity index (χ0) is 21.5. The first kappa shape index (κ1) is 19.6. The Kier molecular flexibility index (Phi) is 5.00. The zero-order valence-corrected chi connectivity index (χ0v) is 18.4. The first-order chi connectivity index (χ1) is 15.8. The van der Waals surface area contributed by atoms with Crippen molar-refractivity contribution >= 4 is 5.91 Å². The first-order valence-corrected chi connectivity index (χ1v) is 12.0. The lowest BCUT2D eigenvalue weighted by molar-refractivity contribution is 0.0695. The van der Waals surface area contributed by atoms with Gasteiger partial charge in [-0.1, -0.05) is 29.8 Å². The number of carbonyl (C=O) groups is 1. The predicted molar refractivity (Wildman–Crippen MR) is 119 cm³/mol. The van der Waals surface area contributed by atoms with Crippen LogP contribution in [-0.2, 0) is 13.0 Å². The van der Waals surface area contributed by atoms with Crippen molar-refractivity contribution < 1.29 is 4.79 Å². The van der Waals surface area contributed by atoms with E-state index in [9.17, 15) is 4.79 Å². The molecule has 3 aliphatic rings. The molecule has 32 heavy (non-hydrogen) atoms. The number of fused-ring (bicyclic) bond motifs is 1. The largest absolute Gasteiger partial charge is 0.336 e. The molecule has 2 aliphatic heterocycles. The molecule has 1 aromatic carbocycles. The van der Waals surface area contributed by atoms with E-state index in [2.05, 4.69) is 25.1 Å². The van der Waals surface area contributed by atoms with Crippen LogP contribution in [-0.4, -0.2) is 53.7 Å². The number of aromatic nitrogens is 6. The summed E-state index contributed by atoms with van der Waals surface area (Å²) in [5.74, 6) is 2.80. The molecule has 166 valence electrons. The summed E-state index contributed by atoms with van der Waals surface area (Å²) in [6.45, 7) is 2.44. The fraction of sp³-hybridized carbons (Fsp3) is 0.542. The lowest BCUT2D eigenvalue weighted by Crippen LogP contribution is -2.40. The zero-order valence-electron chi connectivity index (χ0n) is 18.4. The molecule has 0 bridgehead atoms. The summed E-state index contributed by atoms with van der Waals surface area (Å²) >= 11 is 0. The average Bonchev–Trinajstić information content (AvgIpc) is 3.53. The summed E-state index contributed by atoms with van der Waals surface area (Å²) in [7, 11) is 0. The van der Waals surface area contributed by atoms with Gasteiger partial charge in [0, 0.05) is 37.9 Å². The lowest BCUT2D eigenvalue weighted by Gasteiger charge is -2.32. The molecule has 1 unspecified atom stereocenters. The van der Waals surface area contributed by atoms with Crippen LogP contribution < -0.4 is 0 Å². The van der Waals surface area contributed by atoms with E-state index in [0.717, 1.165) is 68.2 Å². The molecule has 1 saturated heterocycles. The van der Waals surface area contributed by atoms with E-state index in [4.69, 9.17) is 0 Å². The normalized spacial score (nSPS) is 21.2. The highest BCUT2D eigenvalue weighted by atomic mass is 16.2. The SMILES string of the molecule is O=C(c1nnn(-c2ccccc2)c1C1CC1)N1CCCC(c2nnc3n2CCCCC3)C1. The van der Waals surface area contributed by atoms with Crippen molar-refractivity contribution in [3.05, 3.63) is 53.4 Å². The Morgan fingerprint density at radius 3 is 2.59 bits per heavy atom. The van der Waals surface area contributed by atoms with Crippen LogP contribution >= 0.6 is 0 Å². The number of aryl methyl sites for hydroxylation is 1. The number of likely N-dealkylation sites (tertiary alicyclic amines) is 1. The fourth-order valence-electron chi connectivity index (χ4n) is 5.26. The molecule has 8 nitrogen and oxygen atoms in total. The van der Waals surface area contributed by atoms with Crippen molar-refractivity contribution in [2.45, 2.75) is 69.7 Å². The molecule has 2 fully saturated rings. The van der Waals surface area contributed by atoms with Crippen LogP contribution in [0.3, 0.4) is 0 Å². The Labute approximate surface area is 187 Å². The van der Waals surface area contributed by atoms with Crippen LogP contribution in [0.5, 0.6) is 0 Å². The summed E-state index contributed by atoms with van der Waals surface area (Å²) in [4.78, 5) is 15.6. The second kappa shape index (κ2) is 8.15. The van der Waals surface area contributed by atoms with Gasteiger partial charge in [-0.3, -0.25) is 4.79 Å². The van der Waals surface area contributed by atoms with Crippen molar-refractivity contribution in [2.24, 2.45) is 0 Å². The molecule has 0 radical (unpaired) electrons. The molecule has 1 aliphatic carbocycles. The van der Waals surface area contributed by atoms with E-state index < -0.39 is 0 Å². The molecule has 0 spiro atoms. The van der Waals surface area contributed by atoms with Gasteiger partial charge in [-0.05, 0) is 50.7 Å². The fourth-order valence-corrected chi connectivity index (χ4v) is 5.26. The minimum Gasteiger partial charge on any atom is -0.336 e. The molecule has 1 saturated carbocycles. The van der Waals surface area contributed by atoms with Crippen LogP contribution in [0, 0.1) is 0 Å². The van der Waals surface area contributed by atoms with E-state index in [0.29, 0.717) is 18.2 Å². The monoisotopic (exact) mass is 431 g/mol. The van der Waals surface area contributed by atoms with Crippen LogP contribution in [0.15, 0.2) is 30.3 Å². The lowest BCUT2D eigenvalue weighted by atomic mass is 9.96. The molecule has 1 atom stereocenters. The van der Waals surface area contributed by atoms with Crippen LogP contribution in [0.25, 0.3) is 5.69 Å². The highest BCUT2D eigenvalue weighted by molar-refractivity contribution is 5.94. The molecular formula is C24H29N7O. The third-order valence-electron chi connectivity index (χ3n) is 7.08. The summed E-state index contributed by atoms with van der Waals surface area (Å²) in [6, 6.07) is 10.0. The summed E-state index contributed by atoms with van der Waals surface area (Å²) < 4.78 is 4.19. The van der Waals surface area contributed by atoms with E-state index >= 15 is 0 Å². The van der Waals surface area contributed by atoms with E-state index in [-0.39, 0.29) is 11.8 Å². The number of benzene rings is 1. The Balaban J connectivity index is 1.27. The molecule has 2 aromatic heterocycles. The van der Waals surface area contributed by atoms with Crippen molar-refractivity contribution in [1.29, 1.82) is 0 Å². The number of para-hydroxylation sites is 1. The van der Waals surface area contributed by atoms with E-state index in [1.165, 1.54) is 19.3 Å². The minimum absolute atomic E-state index is 0.00869. The van der Waals surface area contributed by atoms with E-state index in [1.807, 2.05) is 39.9 Å². The molecule has 6 rings (SSSR count). The number of carbonyl (C=O) groups excluding carboxylic acids is 1. The Hall–Kier alpha value is -3.03. The molecule has 3 aromatic rings. The number of piperidine rings is 1. The number of rotatable bonds is 4. The number of amides is 1. The number of hydrogen-bond acceptors (Lipinski definition) is 5. The second-order valence-electron chi connectivity index (χ2n) is 9.37. The number of nitrogens with zero attached hydrogens (tertiary/aromatic N) is 7. The van der Waals surface area contributed by atoms with Crippen molar-refractivity contribution in [3.8, 4) is 5.69 Å². The second-order valence-corrected chi connectivity index (χ2v) is 9.37. The van der Waals surface area contributed by atoms with Gasteiger partial charge in [0.15, 0.2) is 5.69 Å². The third kappa shape index (κ3) is 3.51. The van der Waals surface area contributed by atoms with Gasteiger partial charge in [0.2, 0.25) is 0 Å². The molecule has 8 heteroatoms. The van der Waals surface area contributed by atoms with Gasteiger partial charge in [-0.15, -0.1) is 15.3 Å². The Morgan fingerprint density at radius 2 is 1.75 bits per heavy atom. The van der Waals surface area contributed by atoms with Gasteiger partial charge < -0.3 is 9.47 Å². The average molecular weight is 432 g/mol. The van der Waals surface area contributed by atoms with Gasteiger partial charge in [0.25, 0.3) is 5.91 Å². The van der Waals surface area contributed by atoms with Crippen LogP contribution in [0.4, 0.5) is 0 Å². The van der Waals surface area contributed by atoms with Crippen LogP contribution in [0.1, 0.15) is 84.6 Å². The van der Waals surface area contributed by atoms with E-state index in [1.54, 1.807) is 0 Å². The first-order valence-electron chi connectivity index (χ1n) is 12.0. The minimum atomic E-state index is 0.00869. The standard InChI is InChI=1S/C24H29N7O/c32-24(21-22(17-12-13-17)31(28-26-21)19-9-3-1-4-10-19)29-14-7-8-18(16-29)23-27-25-20-11-5-2-6-15-30(20)23/h1,3-4,9-10,17-18H,2,5-8,11-16H2. The van der Waals surface area contributed by atoms with Crippen molar-refractivity contribution in [2.75, 3.05) is 13.1 Å². The quantitative estimate of drug-likeness (QED) is 0.632. The van der Waals surface area contributed by atoms with Gasteiger partial charge in [0.05, 0.1) is 11.4 Å². The predicted octanol–water partition coefficient (Wildman–Crippen LogP) is 3.48. The van der Waals surface area contributed by atoms with Crippen LogP contribution in [0.2, 0.25) is 0 Å². The summed E-state index contributed by atoms with van der Waals surface area (Å²) in [5.41, 5.74) is 2.46.